The standard InChI is InChI=1S/C24H22FN5O2/c25-16-3-1-14(2-4-16)23(32)29-24(8-9-24)19-6-5-18-22(27-19)17-11-15(17)12-30(18)21-7-10-26-20(13-31)28-21/h1-7,10,15,17,31H,8-9,11-13H2,(H,29,32). The first-order valence-electron chi connectivity index (χ1n) is 10.9. The van der Waals surface area contributed by atoms with Crippen molar-refractivity contribution in [2.75, 3.05) is 11.4 Å². The van der Waals surface area contributed by atoms with E-state index < -0.39 is 5.54 Å². The zero-order valence-corrected chi connectivity index (χ0v) is 17.3. The second-order valence-corrected chi connectivity index (χ2v) is 8.85. The minimum atomic E-state index is -0.466. The number of halogens is 1. The molecule has 0 spiro atoms. The zero-order chi connectivity index (χ0) is 21.9. The number of pyridine rings is 1. The smallest absolute Gasteiger partial charge is 0.252 e. The summed E-state index contributed by atoms with van der Waals surface area (Å²) in [5, 5.41) is 12.5. The summed E-state index contributed by atoms with van der Waals surface area (Å²) in [6.07, 6.45) is 4.41. The number of aliphatic hydroxyl groups excluding tert-OH is 1. The van der Waals surface area contributed by atoms with Gasteiger partial charge in [-0.3, -0.25) is 9.78 Å². The average molecular weight is 431 g/mol. The van der Waals surface area contributed by atoms with Gasteiger partial charge < -0.3 is 15.3 Å². The fraction of sp³-hybridized carbons (Fsp3) is 0.333. The van der Waals surface area contributed by atoms with E-state index in [-0.39, 0.29) is 18.3 Å². The summed E-state index contributed by atoms with van der Waals surface area (Å²) >= 11 is 0. The molecule has 162 valence electrons. The molecule has 2 aromatic heterocycles. The number of anilines is 2. The van der Waals surface area contributed by atoms with Gasteiger partial charge in [-0.2, -0.15) is 0 Å². The van der Waals surface area contributed by atoms with E-state index >= 15 is 0 Å². The molecule has 3 aliphatic rings. The Morgan fingerprint density at radius 2 is 1.97 bits per heavy atom. The van der Waals surface area contributed by atoms with E-state index in [0.29, 0.717) is 23.2 Å². The van der Waals surface area contributed by atoms with Gasteiger partial charge in [0.15, 0.2) is 5.82 Å². The van der Waals surface area contributed by atoms with E-state index in [0.717, 1.165) is 48.7 Å². The molecule has 1 aliphatic heterocycles. The van der Waals surface area contributed by atoms with Crippen LogP contribution in [0, 0.1) is 11.7 Å². The summed E-state index contributed by atoms with van der Waals surface area (Å²) in [5.74, 6) is 1.54. The fourth-order valence-corrected chi connectivity index (χ4v) is 4.65. The highest BCUT2D eigenvalue weighted by Crippen LogP contribution is 2.56. The SMILES string of the molecule is O=C(NC1(c2ccc3c(n2)C2CC2CN3c2ccnc(CO)n2)CC1)c1ccc(F)cc1. The number of benzene rings is 1. The lowest BCUT2D eigenvalue weighted by Crippen LogP contribution is -2.36. The number of carbonyl (C=O) groups is 1. The predicted molar refractivity (Wildman–Crippen MR) is 115 cm³/mol. The first kappa shape index (κ1) is 19.3. The van der Waals surface area contributed by atoms with E-state index in [9.17, 15) is 14.3 Å². The van der Waals surface area contributed by atoms with Gasteiger partial charge in [-0.05, 0) is 67.6 Å². The van der Waals surface area contributed by atoms with Crippen LogP contribution >= 0.6 is 0 Å². The minimum Gasteiger partial charge on any atom is -0.388 e. The van der Waals surface area contributed by atoms with Crippen molar-refractivity contribution < 1.29 is 14.3 Å². The maximum atomic E-state index is 13.2. The minimum absolute atomic E-state index is 0.200. The summed E-state index contributed by atoms with van der Waals surface area (Å²) in [5.41, 5.74) is 2.91. The van der Waals surface area contributed by atoms with E-state index in [4.69, 9.17) is 4.98 Å². The van der Waals surface area contributed by atoms with Gasteiger partial charge in [0.05, 0.1) is 22.6 Å². The van der Waals surface area contributed by atoms with Crippen LogP contribution in [0.25, 0.3) is 0 Å². The van der Waals surface area contributed by atoms with Crippen molar-refractivity contribution in [3.8, 4) is 0 Å². The molecular weight excluding hydrogens is 409 g/mol. The highest BCUT2D eigenvalue weighted by atomic mass is 19.1. The molecule has 2 aliphatic carbocycles. The number of hydrogen-bond acceptors (Lipinski definition) is 6. The molecule has 3 heterocycles. The van der Waals surface area contributed by atoms with Crippen LogP contribution in [0.15, 0.2) is 48.7 Å². The Kier molecular flexibility index (Phi) is 4.26. The Bertz CT molecular complexity index is 1210. The molecule has 2 atom stereocenters. The molecule has 7 nitrogen and oxygen atoms in total. The number of carbonyl (C=O) groups excluding carboxylic acids is 1. The molecule has 1 amide bonds. The molecule has 8 heteroatoms. The Balaban J connectivity index is 1.30. The molecule has 0 radical (unpaired) electrons. The van der Waals surface area contributed by atoms with Crippen molar-refractivity contribution in [3.05, 3.63) is 77.3 Å². The molecular formula is C24H22FN5O2. The summed E-state index contributed by atoms with van der Waals surface area (Å²) in [6.45, 7) is 0.668. The third-order valence-electron chi connectivity index (χ3n) is 6.69. The van der Waals surface area contributed by atoms with Crippen molar-refractivity contribution >= 4 is 17.4 Å². The second kappa shape index (κ2) is 7.06. The van der Waals surface area contributed by atoms with Crippen LogP contribution < -0.4 is 10.2 Å². The van der Waals surface area contributed by atoms with Gasteiger partial charge in [0.25, 0.3) is 5.91 Å². The number of fused-ring (bicyclic) bond motifs is 3. The highest BCUT2D eigenvalue weighted by Gasteiger charge is 2.50. The lowest BCUT2D eigenvalue weighted by Gasteiger charge is -2.30. The Morgan fingerprint density at radius 3 is 2.72 bits per heavy atom. The molecule has 0 saturated heterocycles. The number of amides is 1. The Labute approximate surface area is 184 Å². The monoisotopic (exact) mass is 431 g/mol. The van der Waals surface area contributed by atoms with Crippen molar-refractivity contribution in [3.63, 3.8) is 0 Å². The van der Waals surface area contributed by atoms with E-state index in [1.807, 2.05) is 12.1 Å². The van der Waals surface area contributed by atoms with Crippen molar-refractivity contribution in [2.45, 2.75) is 37.3 Å². The van der Waals surface area contributed by atoms with E-state index in [1.165, 1.54) is 24.3 Å². The lowest BCUT2D eigenvalue weighted by molar-refractivity contribution is 0.0929. The average Bonchev–Trinajstić information content (AvgIpc) is 3.74. The fourth-order valence-electron chi connectivity index (χ4n) is 4.65. The van der Waals surface area contributed by atoms with Gasteiger partial charge in [0.1, 0.15) is 18.2 Å². The normalized spacial score (nSPS) is 22.0. The number of rotatable bonds is 5. The maximum Gasteiger partial charge on any atom is 0.252 e. The first-order valence-corrected chi connectivity index (χ1v) is 10.9. The second-order valence-electron chi connectivity index (χ2n) is 8.85. The number of aliphatic hydroxyl groups is 1. The van der Waals surface area contributed by atoms with Gasteiger partial charge in [0, 0.05) is 24.2 Å². The van der Waals surface area contributed by atoms with Crippen molar-refractivity contribution in [1.29, 1.82) is 0 Å². The first-order chi connectivity index (χ1) is 15.6. The molecule has 3 aromatic rings. The van der Waals surface area contributed by atoms with Crippen LogP contribution in [0.3, 0.4) is 0 Å². The third kappa shape index (κ3) is 3.22. The topological polar surface area (TPSA) is 91.2 Å². The number of hydrogen-bond donors (Lipinski definition) is 2. The van der Waals surface area contributed by atoms with E-state index in [1.54, 1.807) is 6.20 Å². The van der Waals surface area contributed by atoms with Crippen LogP contribution in [0.2, 0.25) is 0 Å². The van der Waals surface area contributed by atoms with Crippen molar-refractivity contribution in [1.82, 2.24) is 20.3 Å². The predicted octanol–water partition coefficient (Wildman–Crippen LogP) is 3.18. The van der Waals surface area contributed by atoms with Gasteiger partial charge in [-0.25, -0.2) is 14.4 Å². The molecule has 1 aromatic carbocycles. The largest absolute Gasteiger partial charge is 0.388 e. The van der Waals surface area contributed by atoms with Crippen LogP contribution in [-0.2, 0) is 12.1 Å². The molecule has 2 fully saturated rings. The summed E-state index contributed by atoms with van der Waals surface area (Å²) < 4.78 is 13.2. The molecule has 32 heavy (non-hydrogen) atoms. The maximum absolute atomic E-state index is 13.2. The molecule has 6 rings (SSSR count). The lowest BCUT2D eigenvalue weighted by atomic mass is 10.0. The zero-order valence-electron chi connectivity index (χ0n) is 17.3. The number of aromatic nitrogens is 3. The van der Waals surface area contributed by atoms with Gasteiger partial charge in [0.2, 0.25) is 0 Å². The van der Waals surface area contributed by atoms with Gasteiger partial charge >= 0.3 is 0 Å². The molecule has 2 unspecified atom stereocenters. The van der Waals surface area contributed by atoms with Crippen LogP contribution in [0.5, 0.6) is 0 Å². The van der Waals surface area contributed by atoms with E-state index in [2.05, 4.69) is 26.3 Å². The van der Waals surface area contributed by atoms with Crippen LogP contribution in [0.1, 0.15) is 52.8 Å². The van der Waals surface area contributed by atoms with Crippen LogP contribution in [-0.4, -0.2) is 32.5 Å². The van der Waals surface area contributed by atoms with Crippen LogP contribution in [0.4, 0.5) is 15.9 Å². The summed E-state index contributed by atoms with van der Waals surface area (Å²) in [7, 11) is 0. The quantitative estimate of drug-likeness (QED) is 0.645. The molecule has 2 N–H and O–H groups in total. The number of nitrogens with one attached hydrogen (secondary N) is 1. The Morgan fingerprint density at radius 1 is 1.16 bits per heavy atom. The van der Waals surface area contributed by atoms with Gasteiger partial charge in [-0.15, -0.1) is 0 Å². The van der Waals surface area contributed by atoms with Gasteiger partial charge in [-0.1, -0.05) is 0 Å². The molecule has 0 bridgehead atoms. The number of nitrogens with zero attached hydrogens (tertiary/aromatic N) is 4. The third-order valence-corrected chi connectivity index (χ3v) is 6.69. The highest BCUT2D eigenvalue weighted by molar-refractivity contribution is 5.95. The summed E-state index contributed by atoms with van der Waals surface area (Å²) in [6, 6.07) is 11.5. The van der Waals surface area contributed by atoms with Crippen molar-refractivity contribution in [2.24, 2.45) is 5.92 Å². The Hall–Kier alpha value is -3.39. The summed E-state index contributed by atoms with van der Waals surface area (Å²) in [4.78, 5) is 28.5. The molecule has 2 saturated carbocycles.